The third kappa shape index (κ3) is 5.16. The molecule has 17 heavy (non-hydrogen) atoms. The Kier molecular flexibility index (Phi) is 5.40. The Morgan fingerprint density at radius 3 is 2.65 bits per heavy atom. The predicted molar refractivity (Wildman–Crippen MR) is 70.0 cm³/mol. The van der Waals surface area contributed by atoms with Crippen LogP contribution in [-0.2, 0) is 16.6 Å². The molecule has 0 aliphatic heterocycles. The molecule has 0 bridgehead atoms. The fourth-order valence-corrected chi connectivity index (χ4v) is 2.41. The van der Waals surface area contributed by atoms with E-state index in [0.29, 0.717) is 19.6 Å². The molecule has 0 heterocycles. The maximum atomic E-state index is 11.3. The van der Waals surface area contributed by atoms with E-state index in [1.165, 1.54) is 0 Å². The van der Waals surface area contributed by atoms with E-state index in [1.54, 1.807) is 6.92 Å². The van der Waals surface area contributed by atoms with Gasteiger partial charge in [0.2, 0.25) is 10.0 Å². The summed E-state index contributed by atoms with van der Waals surface area (Å²) >= 11 is 0. The number of hydrogen-bond acceptors (Lipinski definition) is 4. The Morgan fingerprint density at radius 1 is 1.29 bits per heavy atom. The van der Waals surface area contributed by atoms with E-state index in [9.17, 15) is 8.42 Å². The number of hydrogen-bond donors (Lipinski definition) is 3. The largest absolute Gasteiger partial charge is 0.398 e. The van der Waals surface area contributed by atoms with Gasteiger partial charge in [-0.3, -0.25) is 0 Å². The number of nitrogens with one attached hydrogen (secondary N) is 2. The quantitative estimate of drug-likeness (QED) is 0.484. The number of rotatable bonds is 7. The minimum absolute atomic E-state index is 0.0770. The van der Waals surface area contributed by atoms with Gasteiger partial charge in [-0.15, -0.1) is 0 Å². The van der Waals surface area contributed by atoms with Crippen molar-refractivity contribution in [3.63, 3.8) is 0 Å². The van der Waals surface area contributed by atoms with Crippen LogP contribution in [0.1, 0.15) is 12.5 Å². The van der Waals surface area contributed by atoms with Crippen molar-refractivity contribution >= 4 is 15.7 Å². The van der Waals surface area contributed by atoms with Gasteiger partial charge in [-0.05, 0) is 11.6 Å². The van der Waals surface area contributed by atoms with Gasteiger partial charge in [0.05, 0.1) is 5.75 Å². The molecule has 1 aromatic carbocycles. The third-order valence-corrected chi connectivity index (χ3v) is 3.75. The van der Waals surface area contributed by atoms with Crippen molar-refractivity contribution in [2.24, 2.45) is 0 Å². The molecule has 5 nitrogen and oxygen atoms in total. The van der Waals surface area contributed by atoms with Crippen LogP contribution in [0.15, 0.2) is 24.3 Å². The molecule has 0 saturated carbocycles. The summed E-state index contributed by atoms with van der Waals surface area (Å²) in [7, 11) is -3.14. The number of anilines is 1. The lowest BCUT2D eigenvalue weighted by molar-refractivity contribution is 0.579. The molecular weight excluding hydrogens is 238 g/mol. The first-order valence-electron chi connectivity index (χ1n) is 5.56. The highest BCUT2D eigenvalue weighted by molar-refractivity contribution is 7.89. The van der Waals surface area contributed by atoms with E-state index < -0.39 is 10.0 Å². The third-order valence-electron chi connectivity index (χ3n) is 2.28. The van der Waals surface area contributed by atoms with Crippen LogP contribution >= 0.6 is 0 Å². The van der Waals surface area contributed by atoms with E-state index in [-0.39, 0.29) is 5.75 Å². The maximum absolute atomic E-state index is 11.3. The average Bonchev–Trinajstić information content (AvgIpc) is 2.26. The molecule has 1 rings (SSSR count). The topological polar surface area (TPSA) is 84.2 Å². The van der Waals surface area contributed by atoms with E-state index in [1.807, 2.05) is 24.3 Å². The average molecular weight is 257 g/mol. The van der Waals surface area contributed by atoms with Crippen LogP contribution in [0.5, 0.6) is 0 Å². The first-order valence-corrected chi connectivity index (χ1v) is 7.22. The van der Waals surface area contributed by atoms with E-state index in [0.717, 1.165) is 11.3 Å². The Morgan fingerprint density at radius 2 is 2.00 bits per heavy atom. The summed E-state index contributed by atoms with van der Waals surface area (Å²) in [4.78, 5) is 0. The molecule has 0 spiro atoms. The maximum Gasteiger partial charge on any atom is 0.212 e. The molecule has 0 saturated heterocycles. The second kappa shape index (κ2) is 6.58. The van der Waals surface area contributed by atoms with E-state index in [4.69, 9.17) is 5.73 Å². The Labute approximate surface area is 102 Å². The molecule has 0 unspecified atom stereocenters. The molecule has 0 radical (unpaired) electrons. The van der Waals surface area contributed by atoms with Gasteiger partial charge >= 0.3 is 0 Å². The molecular formula is C11H19N3O2S. The molecule has 0 aliphatic rings. The van der Waals surface area contributed by atoms with Gasteiger partial charge < -0.3 is 11.1 Å². The zero-order valence-electron chi connectivity index (χ0n) is 9.94. The van der Waals surface area contributed by atoms with Crippen LogP contribution in [0, 0.1) is 0 Å². The number of nitrogen functional groups attached to an aromatic ring is 1. The fraction of sp³-hybridized carbons (Fsp3) is 0.455. The lowest BCUT2D eigenvalue weighted by atomic mass is 10.2. The standard InChI is InChI=1S/C11H19N3O2S/c1-2-14-17(15,16)8-7-13-9-10-5-3-4-6-11(10)12/h3-6,13-14H,2,7-9,12H2,1H3. The zero-order valence-corrected chi connectivity index (χ0v) is 10.8. The highest BCUT2D eigenvalue weighted by Crippen LogP contribution is 2.09. The number of nitrogens with two attached hydrogens (primary N) is 1. The van der Waals surface area contributed by atoms with Crippen molar-refractivity contribution in [1.29, 1.82) is 0 Å². The summed E-state index contributed by atoms with van der Waals surface area (Å²) in [5.41, 5.74) is 7.46. The van der Waals surface area contributed by atoms with Crippen LogP contribution in [0.4, 0.5) is 5.69 Å². The summed E-state index contributed by atoms with van der Waals surface area (Å²) < 4.78 is 25.1. The Balaban J connectivity index is 2.32. The van der Waals surface area contributed by atoms with Crippen molar-refractivity contribution in [3.05, 3.63) is 29.8 Å². The fourth-order valence-electron chi connectivity index (χ4n) is 1.42. The molecule has 96 valence electrons. The summed E-state index contributed by atoms with van der Waals surface area (Å²) in [5.74, 6) is 0.0770. The first-order chi connectivity index (χ1) is 8.05. The second-order valence-corrected chi connectivity index (χ2v) is 5.62. The molecule has 6 heteroatoms. The lowest BCUT2D eigenvalue weighted by Crippen LogP contribution is -2.31. The van der Waals surface area contributed by atoms with Crippen LogP contribution in [0.2, 0.25) is 0 Å². The van der Waals surface area contributed by atoms with Gasteiger partial charge in [-0.1, -0.05) is 25.1 Å². The summed E-state index contributed by atoms with van der Waals surface area (Å²) in [6.07, 6.45) is 0. The Bertz CT molecular complexity index is 446. The normalized spacial score (nSPS) is 11.6. The van der Waals surface area contributed by atoms with Crippen molar-refractivity contribution in [3.8, 4) is 0 Å². The number of para-hydroxylation sites is 1. The molecule has 0 aliphatic carbocycles. The van der Waals surface area contributed by atoms with Crippen LogP contribution in [-0.4, -0.2) is 27.3 Å². The smallest absolute Gasteiger partial charge is 0.212 e. The highest BCUT2D eigenvalue weighted by atomic mass is 32.2. The molecule has 0 amide bonds. The zero-order chi connectivity index (χ0) is 12.7. The highest BCUT2D eigenvalue weighted by Gasteiger charge is 2.07. The van der Waals surface area contributed by atoms with Crippen LogP contribution in [0.25, 0.3) is 0 Å². The summed E-state index contributed by atoms with van der Waals surface area (Å²) in [5, 5.41) is 3.06. The van der Waals surface area contributed by atoms with Crippen molar-refractivity contribution in [1.82, 2.24) is 10.0 Å². The van der Waals surface area contributed by atoms with Gasteiger partial charge in [0, 0.05) is 25.3 Å². The second-order valence-electron chi connectivity index (χ2n) is 3.69. The molecule has 0 aromatic heterocycles. The molecule has 0 atom stereocenters. The van der Waals surface area contributed by atoms with Crippen LogP contribution < -0.4 is 15.8 Å². The molecule has 1 aromatic rings. The number of sulfonamides is 1. The van der Waals surface area contributed by atoms with Crippen LogP contribution in [0.3, 0.4) is 0 Å². The minimum atomic E-state index is -3.14. The van der Waals surface area contributed by atoms with Gasteiger partial charge in [0.15, 0.2) is 0 Å². The molecule has 4 N–H and O–H groups in total. The van der Waals surface area contributed by atoms with Gasteiger partial charge in [-0.25, -0.2) is 13.1 Å². The van der Waals surface area contributed by atoms with Crippen molar-refractivity contribution in [2.45, 2.75) is 13.5 Å². The lowest BCUT2D eigenvalue weighted by Gasteiger charge is -2.08. The minimum Gasteiger partial charge on any atom is -0.398 e. The first kappa shape index (κ1) is 14.0. The Hall–Kier alpha value is -1.11. The van der Waals surface area contributed by atoms with Gasteiger partial charge in [0.25, 0.3) is 0 Å². The van der Waals surface area contributed by atoms with Gasteiger partial charge in [-0.2, -0.15) is 0 Å². The monoisotopic (exact) mass is 257 g/mol. The van der Waals surface area contributed by atoms with Crippen molar-refractivity contribution < 1.29 is 8.42 Å². The van der Waals surface area contributed by atoms with E-state index >= 15 is 0 Å². The SMILES string of the molecule is CCNS(=O)(=O)CCNCc1ccccc1N. The summed E-state index contributed by atoms with van der Waals surface area (Å²) in [6.45, 7) is 3.17. The van der Waals surface area contributed by atoms with Gasteiger partial charge in [0.1, 0.15) is 0 Å². The van der Waals surface area contributed by atoms with E-state index in [2.05, 4.69) is 10.0 Å². The molecule has 0 fully saturated rings. The van der Waals surface area contributed by atoms with Crippen molar-refractivity contribution in [2.75, 3.05) is 24.6 Å². The predicted octanol–water partition coefficient (Wildman–Crippen LogP) is 0.298. The summed E-state index contributed by atoms with van der Waals surface area (Å²) in [6, 6.07) is 7.52. The number of benzene rings is 1.